The van der Waals surface area contributed by atoms with E-state index in [0.717, 1.165) is 15.4 Å². The highest BCUT2D eigenvalue weighted by Gasteiger charge is 2.08. The number of carbonyl (C=O) groups excluding carboxylic acids is 1. The fraction of sp³-hybridized carbons (Fsp3) is 0.0588. The molecule has 0 fully saturated rings. The van der Waals surface area contributed by atoms with Gasteiger partial charge in [-0.05, 0) is 46.3 Å². The lowest BCUT2D eigenvalue weighted by molar-refractivity contribution is 0.262. The van der Waals surface area contributed by atoms with Crippen molar-refractivity contribution in [2.75, 3.05) is 17.7 Å². The first-order chi connectivity index (χ1) is 11.2. The minimum absolute atomic E-state index is 0.321. The molecule has 3 aromatic rings. The molecule has 0 aliphatic carbocycles. The van der Waals surface area contributed by atoms with E-state index in [-0.39, 0.29) is 6.03 Å². The van der Waals surface area contributed by atoms with Crippen molar-refractivity contribution in [1.82, 2.24) is 4.98 Å². The lowest BCUT2D eigenvalue weighted by Gasteiger charge is -2.11. The summed E-state index contributed by atoms with van der Waals surface area (Å²) in [6.45, 7) is 0. The van der Waals surface area contributed by atoms with Crippen LogP contribution in [0.2, 0.25) is 0 Å². The number of nitrogens with one attached hydrogen (secondary N) is 2. The second kappa shape index (κ2) is 6.66. The zero-order valence-electron chi connectivity index (χ0n) is 12.3. The number of carbonyl (C=O) groups is 1. The number of fused-ring (bicyclic) bond motifs is 1. The summed E-state index contributed by atoms with van der Waals surface area (Å²) >= 11 is 3.39. The van der Waals surface area contributed by atoms with E-state index in [9.17, 15) is 4.79 Å². The molecular weight excluding hydrogens is 358 g/mol. The van der Waals surface area contributed by atoms with Crippen molar-refractivity contribution in [2.24, 2.45) is 0 Å². The van der Waals surface area contributed by atoms with Gasteiger partial charge in [-0.1, -0.05) is 18.2 Å². The van der Waals surface area contributed by atoms with Gasteiger partial charge in [-0.2, -0.15) is 0 Å². The highest BCUT2D eigenvalue weighted by Crippen LogP contribution is 2.28. The van der Waals surface area contributed by atoms with Crippen LogP contribution in [0.3, 0.4) is 0 Å². The highest BCUT2D eigenvalue weighted by molar-refractivity contribution is 9.10. The Bertz CT molecular complexity index is 862. The van der Waals surface area contributed by atoms with E-state index >= 15 is 0 Å². The van der Waals surface area contributed by atoms with Crippen LogP contribution in [0.1, 0.15) is 0 Å². The molecule has 1 heterocycles. The second-order valence-corrected chi connectivity index (χ2v) is 5.66. The summed E-state index contributed by atoms with van der Waals surface area (Å²) in [5, 5.41) is 6.53. The molecule has 0 aliphatic heterocycles. The molecule has 116 valence electrons. The number of methoxy groups -OCH3 is 1. The number of benzene rings is 2. The number of anilines is 2. The van der Waals surface area contributed by atoms with Gasteiger partial charge in [0, 0.05) is 17.3 Å². The number of ether oxygens (including phenoxy) is 1. The Morgan fingerprint density at radius 2 is 1.96 bits per heavy atom. The molecule has 5 nitrogen and oxygen atoms in total. The van der Waals surface area contributed by atoms with Gasteiger partial charge in [-0.15, -0.1) is 0 Å². The Morgan fingerprint density at radius 1 is 1.13 bits per heavy atom. The lowest BCUT2D eigenvalue weighted by atomic mass is 10.2. The van der Waals surface area contributed by atoms with Crippen molar-refractivity contribution in [3.8, 4) is 5.75 Å². The van der Waals surface area contributed by atoms with Crippen LogP contribution >= 0.6 is 15.9 Å². The maximum atomic E-state index is 12.2. The summed E-state index contributed by atoms with van der Waals surface area (Å²) in [4.78, 5) is 16.5. The van der Waals surface area contributed by atoms with Crippen LogP contribution in [-0.4, -0.2) is 18.1 Å². The van der Waals surface area contributed by atoms with Gasteiger partial charge in [0.2, 0.25) is 0 Å². The van der Waals surface area contributed by atoms with Gasteiger partial charge < -0.3 is 15.4 Å². The average molecular weight is 372 g/mol. The molecular formula is C17H14BrN3O2. The monoisotopic (exact) mass is 371 g/mol. The van der Waals surface area contributed by atoms with Gasteiger partial charge in [-0.25, -0.2) is 4.79 Å². The number of pyridine rings is 1. The van der Waals surface area contributed by atoms with E-state index in [1.807, 2.05) is 24.3 Å². The molecule has 0 aliphatic rings. The Hall–Kier alpha value is -2.60. The normalized spacial score (nSPS) is 10.3. The van der Waals surface area contributed by atoms with Gasteiger partial charge in [0.05, 0.1) is 22.8 Å². The smallest absolute Gasteiger partial charge is 0.323 e. The number of hydrogen-bond donors (Lipinski definition) is 2. The molecule has 0 atom stereocenters. The first-order valence-electron chi connectivity index (χ1n) is 6.92. The number of rotatable bonds is 3. The molecule has 0 unspecified atom stereocenters. The molecule has 0 radical (unpaired) electrons. The van der Waals surface area contributed by atoms with Crippen LogP contribution in [0.15, 0.2) is 59.2 Å². The first kappa shape index (κ1) is 15.3. The summed E-state index contributed by atoms with van der Waals surface area (Å²) in [5.74, 6) is 0.705. The number of amides is 2. The Morgan fingerprint density at radius 3 is 2.74 bits per heavy atom. The van der Waals surface area contributed by atoms with E-state index in [2.05, 4.69) is 31.5 Å². The van der Waals surface area contributed by atoms with E-state index in [4.69, 9.17) is 4.74 Å². The van der Waals surface area contributed by atoms with Gasteiger partial charge in [0.25, 0.3) is 0 Å². The average Bonchev–Trinajstić information content (AvgIpc) is 2.55. The van der Waals surface area contributed by atoms with Gasteiger partial charge in [0.1, 0.15) is 5.75 Å². The standard InChI is InChI=1S/C17H14BrN3O2/c1-23-16-7-6-11(10-13(16)18)20-17(22)21-15-8-9-19-14-5-3-2-4-12(14)15/h2-10H,1H3,(H2,19,20,21,22). The third-order valence-corrected chi connectivity index (χ3v) is 3.93. The van der Waals surface area contributed by atoms with Crippen molar-refractivity contribution < 1.29 is 9.53 Å². The number of aromatic nitrogens is 1. The van der Waals surface area contributed by atoms with Gasteiger partial charge in [-0.3, -0.25) is 4.98 Å². The highest BCUT2D eigenvalue weighted by atomic mass is 79.9. The van der Waals surface area contributed by atoms with E-state index in [1.165, 1.54) is 0 Å². The molecule has 2 amide bonds. The number of para-hydroxylation sites is 1. The Kier molecular flexibility index (Phi) is 4.43. The summed E-state index contributed by atoms with van der Waals surface area (Å²) < 4.78 is 5.94. The summed E-state index contributed by atoms with van der Waals surface area (Å²) in [5.41, 5.74) is 2.20. The van der Waals surface area contributed by atoms with Crippen molar-refractivity contribution in [1.29, 1.82) is 0 Å². The molecule has 2 aromatic carbocycles. The van der Waals surface area contributed by atoms with Gasteiger partial charge >= 0.3 is 6.03 Å². The Labute approximate surface area is 141 Å². The molecule has 0 bridgehead atoms. The summed E-state index contributed by atoms with van der Waals surface area (Å²) in [7, 11) is 1.59. The number of nitrogens with zero attached hydrogens (tertiary/aromatic N) is 1. The minimum Gasteiger partial charge on any atom is -0.496 e. The number of halogens is 1. The zero-order chi connectivity index (χ0) is 16.2. The topological polar surface area (TPSA) is 63.2 Å². The first-order valence-corrected chi connectivity index (χ1v) is 7.72. The van der Waals surface area contributed by atoms with Gasteiger partial charge in [0.15, 0.2) is 0 Å². The second-order valence-electron chi connectivity index (χ2n) is 4.80. The number of hydrogen-bond acceptors (Lipinski definition) is 3. The third kappa shape index (κ3) is 3.43. The molecule has 1 aromatic heterocycles. The van der Waals surface area contributed by atoms with E-state index in [0.29, 0.717) is 17.1 Å². The van der Waals surface area contributed by atoms with E-state index < -0.39 is 0 Å². The summed E-state index contributed by atoms with van der Waals surface area (Å²) in [6.07, 6.45) is 1.67. The SMILES string of the molecule is COc1ccc(NC(=O)Nc2ccnc3ccccc23)cc1Br. The predicted octanol–water partition coefficient (Wildman–Crippen LogP) is 4.65. The molecule has 6 heteroatoms. The van der Waals surface area contributed by atoms with Crippen LogP contribution < -0.4 is 15.4 Å². The van der Waals surface area contributed by atoms with Crippen molar-refractivity contribution in [3.63, 3.8) is 0 Å². The minimum atomic E-state index is -0.321. The number of urea groups is 1. The molecule has 0 saturated heterocycles. The zero-order valence-corrected chi connectivity index (χ0v) is 13.9. The molecule has 23 heavy (non-hydrogen) atoms. The molecule has 3 rings (SSSR count). The molecule has 2 N–H and O–H groups in total. The maximum absolute atomic E-state index is 12.2. The van der Waals surface area contributed by atoms with Crippen LogP contribution in [-0.2, 0) is 0 Å². The van der Waals surface area contributed by atoms with Crippen molar-refractivity contribution >= 4 is 44.2 Å². The van der Waals surface area contributed by atoms with Crippen molar-refractivity contribution in [2.45, 2.75) is 0 Å². The molecule has 0 saturated carbocycles. The Balaban J connectivity index is 1.77. The quantitative estimate of drug-likeness (QED) is 0.704. The van der Waals surface area contributed by atoms with Crippen molar-refractivity contribution in [3.05, 3.63) is 59.2 Å². The van der Waals surface area contributed by atoms with Crippen LogP contribution in [0, 0.1) is 0 Å². The van der Waals surface area contributed by atoms with Crippen LogP contribution in [0.25, 0.3) is 10.9 Å². The van der Waals surface area contributed by atoms with Crippen LogP contribution in [0.4, 0.5) is 16.2 Å². The summed E-state index contributed by atoms with van der Waals surface area (Å²) in [6, 6.07) is 14.4. The van der Waals surface area contributed by atoms with E-state index in [1.54, 1.807) is 37.6 Å². The predicted molar refractivity (Wildman–Crippen MR) is 95.1 cm³/mol. The molecule has 0 spiro atoms. The fourth-order valence-corrected chi connectivity index (χ4v) is 2.77. The van der Waals surface area contributed by atoms with Crippen LogP contribution in [0.5, 0.6) is 5.75 Å². The third-order valence-electron chi connectivity index (χ3n) is 3.31. The lowest BCUT2D eigenvalue weighted by Crippen LogP contribution is -2.19. The largest absolute Gasteiger partial charge is 0.496 e. The maximum Gasteiger partial charge on any atom is 0.323 e. The fourth-order valence-electron chi connectivity index (χ4n) is 2.23.